The summed E-state index contributed by atoms with van der Waals surface area (Å²) in [6.45, 7) is 2.17. The van der Waals surface area contributed by atoms with E-state index in [4.69, 9.17) is 0 Å². The molecule has 0 aliphatic carbocycles. The van der Waals surface area contributed by atoms with Gasteiger partial charge in [0.1, 0.15) is 0 Å². The van der Waals surface area contributed by atoms with E-state index in [2.05, 4.69) is 13.0 Å². The average Bonchev–Trinajstić information content (AvgIpc) is 2.59. The predicted molar refractivity (Wildman–Crippen MR) is 114 cm³/mol. The number of nitrogens with one attached hydrogen (secondary N) is 1. The number of hydrogen-bond donors (Lipinski definition) is 3. The first-order chi connectivity index (χ1) is 13.2. The number of carbonyl (C=O) groups is 1. The maximum Gasteiger partial charge on any atom is 0.233 e. The minimum Gasteiger partial charge on any atom is -0.389 e. The largest absolute Gasteiger partial charge is 0.389 e. The van der Waals surface area contributed by atoms with Crippen LogP contribution >= 0.6 is 0 Å². The first-order valence-corrected chi connectivity index (χ1v) is 11.7. The second kappa shape index (κ2) is 16.3. The predicted octanol–water partition coefficient (Wildman–Crippen LogP) is 3.15. The van der Waals surface area contributed by atoms with Crippen molar-refractivity contribution in [2.24, 2.45) is 0 Å². The van der Waals surface area contributed by atoms with Gasteiger partial charge in [0.2, 0.25) is 15.9 Å². The molecule has 0 fully saturated rings. The Morgan fingerprint density at radius 1 is 0.964 bits per heavy atom. The van der Waals surface area contributed by atoms with Crippen LogP contribution in [0.5, 0.6) is 0 Å². The fourth-order valence-electron chi connectivity index (χ4n) is 2.28. The number of sulfonamides is 1. The lowest BCUT2D eigenvalue weighted by Gasteiger charge is -2.05. The van der Waals surface area contributed by atoms with Gasteiger partial charge in [0.25, 0.3) is 0 Å². The Balaban J connectivity index is 3.93. The number of rotatable bonds is 15. The van der Waals surface area contributed by atoms with Crippen LogP contribution < -0.4 is 4.72 Å². The van der Waals surface area contributed by atoms with Crippen LogP contribution in [0.2, 0.25) is 0 Å². The molecule has 3 N–H and O–H groups in total. The number of unbranched alkanes of at least 4 members (excludes halogenated alkanes) is 3. The van der Waals surface area contributed by atoms with Crippen LogP contribution in [0.25, 0.3) is 0 Å². The average molecular weight is 414 g/mol. The highest BCUT2D eigenvalue weighted by Gasteiger charge is 2.08. The summed E-state index contributed by atoms with van der Waals surface area (Å²) < 4.78 is 23.7. The summed E-state index contributed by atoms with van der Waals surface area (Å²) >= 11 is 0. The minimum absolute atomic E-state index is 0.0431. The Morgan fingerprint density at radius 2 is 1.61 bits per heavy atom. The van der Waals surface area contributed by atoms with E-state index in [1.807, 2.05) is 10.8 Å². The quantitative estimate of drug-likeness (QED) is 0.217. The van der Waals surface area contributed by atoms with E-state index in [9.17, 15) is 23.4 Å². The first-order valence-electron chi connectivity index (χ1n) is 9.78. The third kappa shape index (κ3) is 19.1. The molecule has 0 aliphatic rings. The van der Waals surface area contributed by atoms with E-state index in [0.29, 0.717) is 19.3 Å². The van der Waals surface area contributed by atoms with Gasteiger partial charge in [-0.15, -0.1) is 0 Å². The van der Waals surface area contributed by atoms with Crippen LogP contribution in [-0.4, -0.2) is 43.0 Å². The third-order valence-electron chi connectivity index (χ3n) is 3.72. The third-order valence-corrected chi connectivity index (χ3v) is 4.32. The van der Waals surface area contributed by atoms with Crippen LogP contribution in [-0.2, 0) is 14.8 Å². The van der Waals surface area contributed by atoms with Crippen molar-refractivity contribution >= 4 is 15.9 Å². The number of aliphatic hydroxyl groups excluding tert-OH is 2. The zero-order valence-corrected chi connectivity index (χ0v) is 17.8. The van der Waals surface area contributed by atoms with Gasteiger partial charge in [0.15, 0.2) is 0 Å². The van der Waals surface area contributed by atoms with Crippen molar-refractivity contribution in [2.75, 3.05) is 6.26 Å². The van der Waals surface area contributed by atoms with Gasteiger partial charge in [0, 0.05) is 6.42 Å². The molecule has 0 aromatic carbocycles. The second-order valence-corrected chi connectivity index (χ2v) is 8.43. The van der Waals surface area contributed by atoms with Crippen molar-refractivity contribution in [3.05, 3.63) is 48.6 Å². The van der Waals surface area contributed by atoms with Crippen molar-refractivity contribution in [1.82, 2.24) is 4.72 Å². The molecular weight excluding hydrogens is 378 g/mol. The zero-order chi connectivity index (χ0) is 21.3. The van der Waals surface area contributed by atoms with Crippen LogP contribution in [0.1, 0.15) is 58.3 Å². The molecule has 0 rings (SSSR count). The van der Waals surface area contributed by atoms with E-state index in [1.54, 1.807) is 36.5 Å². The molecule has 0 radical (unpaired) electrons. The molecule has 0 heterocycles. The fraction of sp³-hybridized carbons (Fsp3) is 0.571. The van der Waals surface area contributed by atoms with E-state index in [0.717, 1.165) is 12.7 Å². The lowest BCUT2D eigenvalue weighted by molar-refractivity contribution is -0.119. The van der Waals surface area contributed by atoms with Gasteiger partial charge in [-0.05, 0) is 32.1 Å². The Bertz CT molecular complexity index is 635. The monoisotopic (exact) mass is 413 g/mol. The molecule has 0 aliphatic heterocycles. The summed E-state index contributed by atoms with van der Waals surface area (Å²) in [6, 6.07) is 0. The van der Waals surface area contributed by atoms with E-state index < -0.39 is 28.1 Å². The van der Waals surface area contributed by atoms with Gasteiger partial charge in [-0.1, -0.05) is 68.4 Å². The molecule has 0 aromatic rings. The summed E-state index contributed by atoms with van der Waals surface area (Å²) in [6.07, 6.45) is 20.1. The summed E-state index contributed by atoms with van der Waals surface area (Å²) in [7, 11) is -3.53. The molecule has 1 amide bonds. The highest BCUT2D eigenvalue weighted by Crippen LogP contribution is 2.04. The van der Waals surface area contributed by atoms with Gasteiger partial charge in [-0.2, -0.15) is 0 Å². The molecule has 6 nitrogen and oxygen atoms in total. The lowest BCUT2D eigenvalue weighted by Crippen LogP contribution is -2.29. The first kappa shape index (κ1) is 26.3. The molecule has 0 spiro atoms. The van der Waals surface area contributed by atoms with E-state index in [1.165, 1.54) is 19.3 Å². The second-order valence-electron chi connectivity index (χ2n) is 6.68. The molecule has 28 heavy (non-hydrogen) atoms. The van der Waals surface area contributed by atoms with Crippen molar-refractivity contribution in [2.45, 2.75) is 70.5 Å². The molecule has 0 unspecified atom stereocenters. The van der Waals surface area contributed by atoms with Gasteiger partial charge < -0.3 is 10.2 Å². The summed E-state index contributed by atoms with van der Waals surface area (Å²) in [5.74, 6) is -0.571. The van der Waals surface area contributed by atoms with E-state index in [-0.39, 0.29) is 6.42 Å². The molecule has 0 saturated carbocycles. The Hall–Kier alpha value is -1.70. The normalized spacial score (nSPS) is 15.1. The van der Waals surface area contributed by atoms with E-state index >= 15 is 0 Å². The Morgan fingerprint density at radius 3 is 2.21 bits per heavy atom. The Kier molecular flexibility index (Phi) is 15.3. The number of carbonyl (C=O) groups excluding carboxylic acids is 1. The van der Waals surface area contributed by atoms with Crippen molar-refractivity contribution in [1.29, 1.82) is 0 Å². The molecule has 0 bridgehead atoms. The molecule has 7 heteroatoms. The Labute approximate surface area is 169 Å². The number of hydrogen-bond acceptors (Lipinski definition) is 5. The van der Waals surface area contributed by atoms with Crippen molar-refractivity contribution in [3.63, 3.8) is 0 Å². The highest BCUT2D eigenvalue weighted by molar-refractivity contribution is 7.89. The molecule has 0 aromatic heterocycles. The summed E-state index contributed by atoms with van der Waals surface area (Å²) in [5.41, 5.74) is 0. The number of allylic oxidation sites excluding steroid dienone is 5. The standard InChI is InChI=1S/C21H35NO5S/c1-3-4-5-6-7-10-14-19(23)15-11-8-9-12-16-20(24)17-13-18-21(25)22-28(2,26)27/h7-12,15-16,19-20,23-24H,3-6,13-14,17-18H2,1-2H3,(H,22,25)/b9-8+,10-7-,15-11+,16-12-/t19-,20-/m1/s1. The molecule has 160 valence electrons. The van der Waals surface area contributed by atoms with Gasteiger partial charge in [-0.25, -0.2) is 8.42 Å². The van der Waals surface area contributed by atoms with Crippen LogP contribution in [0.3, 0.4) is 0 Å². The van der Waals surface area contributed by atoms with Crippen LogP contribution in [0.15, 0.2) is 48.6 Å². The maximum absolute atomic E-state index is 11.3. The van der Waals surface area contributed by atoms with Gasteiger partial charge >= 0.3 is 0 Å². The topological polar surface area (TPSA) is 104 Å². The van der Waals surface area contributed by atoms with Gasteiger partial charge in [-0.3, -0.25) is 9.52 Å². The maximum atomic E-state index is 11.3. The molecule has 0 saturated heterocycles. The lowest BCUT2D eigenvalue weighted by atomic mass is 10.1. The number of aliphatic hydroxyl groups is 2. The minimum atomic E-state index is -3.53. The summed E-state index contributed by atoms with van der Waals surface area (Å²) in [5, 5.41) is 19.6. The number of amides is 1. The smallest absolute Gasteiger partial charge is 0.233 e. The zero-order valence-electron chi connectivity index (χ0n) is 17.0. The molecule has 2 atom stereocenters. The fourth-order valence-corrected chi connectivity index (χ4v) is 2.80. The van der Waals surface area contributed by atoms with Crippen LogP contribution in [0, 0.1) is 0 Å². The van der Waals surface area contributed by atoms with Crippen molar-refractivity contribution in [3.8, 4) is 0 Å². The highest BCUT2D eigenvalue weighted by atomic mass is 32.2. The van der Waals surface area contributed by atoms with Gasteiger partial charge in [0.05, 0.1) is 18.5 Å². The SMILES string of the molecule is CCCCC/C=C\C[C@@H](O)/C=C/C=C/C=C\[C@@H](O)CCCC(=O)NS(C)(=O)=O. The summed E-state index contributed by atoms with van der Waals surface area (Å²) in [4.78, 5) is 11.3. The van der Waals surface area contributed by atoms with Crippen LogP contribution in [0.4, 0.5) is 0 Å². The molecular formula is C21H35NO5S. The van der Waals surface area contributed by atoms with Crippen molar-refractivity contribution < 1.29 is 23.4 Å².